The maximum atomic E-state index is 10.9. The monoisotopic (exact) mass is 215 g/mol. The minimum atomic E-state index is -0.000318. The zero-order valence-electron chi connectivity index (χ0n) is 7.92. The Hall–Kier alpha value is -1.61. The summed E-state index contributed by atoms with van der Waals surface area (Å²) in [6.07, 6.45) is 6.42. The molecular weight excluding hydrogens is 206 g/mol. The number of hydrogen-bond donors (Lipinski definition) is 1. The van der Waals surface area contributed by atoms with Crippen LogP contribution >= 0.6 is 12.6 Å². The van der Waals surface area contributed by atoms with E-state index in [4.69, 9.17) is 0 Å². The highest BCUT2D eigenvalue weighted by atomic mass is 32.1. The maximum absolute atomic E-state index is 10.9. The van der Waals surface area contributed by atoms with Crippen LogP contribution in [0.3, 0.4) is 0 Å². The van der Waals surface area contributed by atoms with Crippen molar-refractivity contribution in [2.24, 2.45) is 4.99 Å². The van der Waals surface area contributed by atoms with E-state index >= 15 is 0 Å². The average molecular weight is 215 g/mol. The lowest BCUT2D eigenvalue weighted by Gasteiger charge is -1.99. The third kappa shape index (κ3) is 2.67. The van der Waals surface area contributed by atoms with Crippen LogP contribution in [0.5, 0.6) is 0 Å². The summed E-state index contributed by atoms with van der Waals surface area (Å²) >= 11 is 4.19. The summed E-state index contributed by atoms with van der Waals surface area (Å²) in [4.78, 5) is 16.1. The van der Waals surface area contributed by atoms with Crippen molar-refractivity contribution in [3.63, 3.8) is 0 Å². The lowest BCUT2D eigenvalue weighted by Crippen LogP contribution is -1.98. The lowest BCUT2D eigenvalue weighted by molar-refractivity contribution is -0.110. The molecule has 0 saturated carbocycles. The molecule has 1 aliphatic rings. The average Bonchev–Trinajstić information content (AvgIpc) is 2.25. The van der Waals surface area contributed by atoms with E-state index in [1.165, 1.54) is 12.2 Å². The highest BCUT2D eigenvalue weighted by molar-refractivity contribution is 7.80. The first-order valence-electron chi connectivity index (χ1n) is 4.52. The first-order chi connectivity index (χ1) is 7.24. The lowest BCUT2D eigenvalue weighted by atomic mass is 10.1. The van der Waals surface area contributed by atoms with Gasteiger partial charge in [-0.1, -0.05) is 0 Å². The van der Waals surface area contributed by atoms with Crippen LogP contribution in [0, 0.1) is 0 Å². The van der Waals surface area contributed by atoms with Crippen molar-refractivity contribution >= 4 is 29.8 Å². The fraction of sp³-hybridized carbons (Fsp3) is 0. The molecule has 2 rings (SSSR count). The van der Waals surface area contributed by atoms with E-state index in [1.807, 2.05) is 24.3 Å². The van der Waals surface area contributed by atoms with Crippen molar-refractivity contribution in [2.75, 3.05) is 0 Å². The van der Waals surface area contributed by atoms with E-state index in [0.29, 0.717) is 0 Å². The van der Waals surface area contributed by atoms with E-state index in [9.17, 15) is 4.79 Å². The normalized spacial score (nSPS) is 14.5. The molecule has 0 atom stereocenters. The summed E-state index contributed by atoms with van der Waals surface area (Å²) in [5.41, 5.74) is 1.63. The first-order valence-corrected chi connectivity index (χ1v) is 4.96. The molecule has 0 N–H and O–H groups in total. The smallest absolute Gasteiger partial charge is 0.178 e. The number of carbonyl (C=O) groups is 1. The van der Waals surface area contributed by atoms with Crippen LogP contribution in [0.1, 0.15) is 0 Å². The molecule has 15 heavy (non-hydrogen) atoms. The number of benzene rings is 1. The number of hydrogen-bond acceptors (Lipinski definition) is 3. The van der Waals surface area contributed by atoms with Gasteiger partial charge < -0.3 is 0 Å². The molecule has 0 saturated heterocycles. The SMILES string of the molecule is O=C1C=CC(=Nc2ccc(S)cc2)C=C1. The molecule has 0 amide bonds. The van der Waals surface area contributed by atoms with Gasteiger partial charge in [0.25, 0.3) is 0 Å². The number of aliphatic imine (C=N–C) groups is 1. The van der Waals surface area contributed by atoms with Crippen molar-refractivity contribution in [3.8, 4) is 0 Å². The Morgan fingerprint density at radius 2 is 1.53 bits per heavy atom. The largest absolute Gasteiger partial charge is 0.290 e. The Morgan fingerprint density at radius 3 is 2.13 bits per heavy atom. The Morgan fingerprint density at radius 1 is 0.933 bits per heavy atom. The number of ketones is 1. The van der Waals surface area contributed by atoms with Gasteiger partial charge in [0.15, 0.2) is 5.78 Å². The second-order valence-corrected chi connectivity index (χ2v) is 3.64. The maximum Gasteiger partial charge on any atom is 0.178 e. The minimum Gasteiger partial charge on any atom is -0.290 e. The van der Waals surface area contributed by atoms with Gasteiger partial charge >= 0.3 is 0 Å². The minimum absolute atomic E-state index is 0.000318. The van der Waals surface area contributed by atoms with Gasteiger partial charge in [-0.15, -0.1) is 12.6 Å². The third-order valence-corrected chi connectivity index (χ3v) is 2.24. The molecule has 0 bridgehead atoms. The predicted molar refractivity (Wildman–Crippen MR) is 64.1 cm³/mol. The Kier molecular flexibility index (Phi) is 2.83. The van der Waals surface area contributed by atoms with Gasteiger partial charge in [-0.25, -0.2) is 4.99 Å². The number of allylic oxidation sites excluding steroid dienone is 4. The van der Waals surface area contributed by atoms with Crippen LogP contribution in [0.2, 0.25) is 0 Å². The highest BCUT2D eigenvalue weighted by Crippen LogP contribution is 2.16. The number of carbonyl (C=O) groups excluding carboxylic acids is 1. The standard InChI is InChI=1S/C12H9NOS/c14-11-5-1-9(2-6-11)13-10-3-7-12(15)8-4-10/h1-8,15H. The molecule has 0 unspecified atom stereocenters. The van der Waals surface area contributed by atoms with E-state index < -0.39 is 0 Å². The Bertz CT molecular complexity index is 451. The second-order valence-electron chi connectivity index (χ2n) is 3.12. The molecule has 1 aliphatic carbocycles. The molecule has 1 aromatic carbocycles. The van der Waals surface area contributed by atoms with Crippen LogP contribution in [-0.2, 0) is 4.79 Å². The number of thiol groups is 1. The Balaban J connectivity index is 2.24. The van der Waals surface area contributed by atoms with Crippen molar-refractivity contribution in [1.29, 1.82) is 0 Å². The van der Waals surface area contributed by atoms with E-state index in [-0.39, 0.29) is 5.78 Å². The van der Waals surface area contributed by atoms with Crippen LogP contribution < -0.4 is 0 Å². The topological polar surface area (TPSA) is 29.4 Å². The summed E-state index contributed by atoms with van der Waals surface area (Å²) in [6, 6.07) is 7.52. The summed E-state index contributed by atoms with van der Waals surface area (Å²) in [5, 5.41) is 0. The molecular formula is C12H9NOS. The number of rotatable bonds is 1. The van der Waals surface area contributed by atoms with Crippen LogP contribution in [-0.4, -0.2) is 11.5 Å². The fourth-order valence-corrected chi connectivity index (χ4v) is 1.35. The summed E-state index contributed by atoms with van der Waals surface area (Å²) in [7, 11) is 0. The summed E-state index contributed by atoms with van der Waals surface area (Å²) in [5.74, 6) is -0.000318. The van der Waals surface area contributed by atoms with Crippen LogP contribution in [0.25, 0.3) is 0 Å². The highest BCUT2D eigenvalue weighted by Gasteiger charge is 1.99. The zero-order valence-corrected chi connectivity index (χ0v) is 8.82. The van der Waals surface area contributed by atoms with E-state index in [2.05, 4.69) is 17.6 Å². The molecule has 74 valence electrons. The molecule has 0 spiro atoms. The van der Waals surface area contributed by atoms with Gasteiger partial charge in [0.1, 0.15) is 0 Å². The molecule has 0 radical (unpaired) electrons. The van der Waals surface area contributed by atoms with Crippen LogP contribution in [0.15, 0.2) is 58.5 Å². The third-order valence-electron chi connectivity index (χ3n) is 1.94. The molecule has 0 aromatic heterocycles. The van der Waals surface area contributed by atoms with E-state index in [0.717, 1.165) is 16.3 Å². The molecule has 1 aromatic rings. The molecule has 0 fully saturated rings. The molecule has 3 heteroatoms. The van der Waals surface area contributed by atoms with Crippen molar-refractivity contribution in [1.82, 2.24) is 0 Å². The quantitative estimate of drug-likeness (QED) is 0.566. The van der Waals surface area contributed by atoms with Gasteiger partial charge in [-0.3, -0.25) is 4.79 Å². The molecule has 0 heterocycles. The van der Waals surface area contributed by atoms with Crippen molar-refractivity contribution in [3.05, 3.63) is 48.6 Å². The van der Waals surface area contributed by atoms with Crippen LogP contribution in [0.4, 0.5) is 5.69 Å². The molecule has 0 aliphatic heterocycles. The fourth-order valence-electron chi connectivity index (χ4n) is 1.20. The van der Waals surface area contributed by atoms with Gasteiger partial charge in [-0.2, -0.15) is 0 Å². The predicted octanol–water partition coefficient (Wildman–Crippen LogP) is 2.74. The van der Waals surface area contributed by atoms with Crippen molar-refractivity contribution in [2.45, 2.75) is 4.90 Å². The van der Waals surface area contributed by atoms with Crippen molar-refractivity contribution < 1.29 is 4.79 Å². The van der Waals surface area contributed by atoms with Gasteiger partial charge in [0, 0.05) is 4.90 Å². The first kappa shape index (κ1) is 9.93. The second kappa shape index (κ2) is 4.28. The van der Waals surface area contributed by atoms with E-state index in [1.54, 1.807) is 12.2 Å². The summed E-state index contributed by atoms with van der Waals surface area (Å²) in [6.45, 7) is 0. The molecule has 2 nitrogen and oxygen atoms in total. The number of nitrogens with zero attached hydrogens (tertiary/aromatic N) is 1. The summed E-state index contributed by atoms with van der Waals surface area (Å²) < 4.78 is 0. The van der Waals surface area contributed by atoms with Gasteiger partial charge in [0.2, 0.25) is 0 Å². The Labute approximate surface area is 93.4 Å². The van der Waals surface area contributed by atoms with Gasteiger partial charge in [0.05, 0.1) is 11.4 Å². The van der Waals surface area contributed by atoms with Gasteiger partial charge in [-0.05, 0) is 48.6 Å². The zero-order chi connectivity index (χ0) is 10.7.